The van der Waals surface area contributed by atoms with Crippen LogP contribution in [-0.4, -0.2) is 24.5 Å². The standard InChI is InChI=1S/C25H18Cl3N5O/c1-32-21-13-29-22(11-20(21)19(12-24(32)34)15-4-3-5-18(27)10-15)25(28,23-14-30-31-33(23)2)16-6-8-17(26)9-7-16/h3-14H,1-2H3. The minimum atomic E-state index is -1.21. The fraction of sp³-hybridized carbons (Fsp3) is 0.120. The second kappa shape index (κ2) is 8.55. The van der Waals surface area contributed by atoms with E-state index in [4.69, 9.17) is 39.8 Å². The fourth-order valence-electron chi connectivity index (χ4n) is 4.14. The molecular formula is C25H18Cl3N5O. The summed E-state index contributed by atoms with van der Waals surface area (Å²) < 4.78 is 3.18. The molecule has 0 saturated carbocycles. The highest BCUT2D eigenvalue weighted by Crippen LogP contribution is 2.43. The highest BCUT2D eigenvalue weighted by Gasteiger charge is 2.39. The van der Waals surface area contributed by atoms with Crippen molar-refractivity contribution in [2.75, 3.05) is 0 Å². The molecule has 34 heavy (non-hydrogen) atoms. The molecule has 0 N–H and O–H groups in total. The second-order valence-electron chi connectivity index (χ2n) is 7.96. The first-order valence-corrected chi connectivity index (χ1v) is 11.5. The van der Waals surface area contributed by atoms with Crippen molar-refractivity contribution < 1.29 is 0 Å². The van der Waals surface area contributed by atoms with Gasteiger partial charge in [0.2, 0.25) is 0 Å². The monoisotopic (exact) mass is 509 g/mol. The van der Waals surface area contributed by atoms with E-state index in [-0.39, 0.29) is 5.56 Å². The third-order valence-electron chi connectivity index (χ3n) is 5.93. The number of hydrogen-bond acceptors (Lipinski definition) is 4. The largest absolute Gasteiger partial charge is 0.310 e. The number of fused-ring (bicyclic) bond motifs is 1. The van der Waals surface area contributed by atoms with Gasteiger partial charge in [0.1, 0.15) is 0 Å². The predicted molar refractivity (Wildman–Crippen MR) is 136 cm³/mol. The van der Waals surface area contributed by atoms with E-state index in [1.807, 2.05) is 36.4 Å². The minimum absolute atomic E-state index is 0.150. The Balaban J connectivity index is 1.84. The number of benzene rings is 2. The van der Waals surface area contributed by atoms with E-state index in [9.17, 15) is 4.79 Å². The highest BCUT2D eigenvalue weighted by atomic mass is 35.5. The maximum Gasteiger partial charge on any atom is 0.251 e. The molecule has 0 aliphatic heterocycles. The lowest BCUT2D eigenvalue weighted by Crippen LogP contribution is -2.27. The number of nitrogens with zero attached hydrogens (tertiary/aromatic N) is 5. The summed E-state index contributed by atoms with van der Waals surface area (Å²) >= 11 is 19.8. The highest BCUT2D eigenvalue weighted by molar-refractivity contribution is 6.31. The molecule has 170 valence electrons. The molecule has 5 aromatic rings. The van der Waals surface area contributed by atoms with Crippen molar-refractivity contribution in [1.82, 2.24) is 24.5 Å². The zero-order chi connectivity index (χ0) is 24.0. The van der Waals surface area contributed by atoms with Crippen LogP contribution in [0.5, 0.6) is 0 Å². The smallest absolute Gasteiger partial charge is 0.251 e. The van der Waals surface area contributed by atoms with Crippen molar-refractivity contribution in [2.45, 2.75) is 4.87 Å². The lowest BCUT2D eigenvalue weighted by molar-refractivity contribution is 0.643. The van der Waals surface area contributed by atoms with Crippen LogP contribution in [0.3, 0.4) is 0 Å². The van der Waals surface area contributed by atoms with Gasteiger partial charge in [-0.2, -0.15) is 0 Å². The molecular weight excluding hydrogens is 493 g/mol. The van der Waals surface area contributed by atoms with Crippen molar-refractivity contribution >= 4 is 45.7 Å². The molecule has 5 rings (SSSR count). The average Bonchev–Trinajstić information content (AvgIpc) is 3.27. The van der Waals surface area contributed by atoms with Crippen molar-refractivity contribution in [3.8, 4) is 11.1 Å². The van der Waals surface area contributed by atoms with Gasteiger partial charge in [-0.05, 0) is 47.0 Å². The van der Waals surface area contributed by atoms with E-state index >= 15 is 0 Å². The van der Waals surface area contributed by atoms with Gasteiger partial charge in [-0.15, -0.1) is 16.7 Å². The summed E-state index contributed by atoms with van der Waals surface area (Å²) in [6, 6.07) is 18.2. The average molecular weight is 511 g/mol. The van der Waals surface area contributed by atoms with E-state index < -0.39 is 4.87 Å². The summed E-state index contributed by atoms with van der Waals surface area (Å²) in [6.45, 7) is 0. The molecule has 0 amide bonds. The third kappa shape index (κ3) is 3.68. The lowest BCUT2D eigenvalue weighted by Gasteiger charge is -2.27. The van der Waals surface area contributed by atoms with Crippen LogP contribution in [-0.2, 0) is 19.0 Å². The number of rotatable bonds is 4. The molecule has 1 atom stereocenters. The SMILES string of the molecule is Cn1nncc1C(Cl)(c1ccc(Cl)cc1)c1cc2c(-c3cccc(Cl)c3)cc(=O)n(C)c2cn1. The number of hydrogen-bond donors (Lipinski definition) is 0. The van der Waals surface area contributed by atoms with Crippen molar-refractivity contribution in [3.63, 3.8) is 0 Å². The summed E-state index contributed by atoms with van der Waals surface area (Å²) in [7, 11) is 3.49. The minimum Gasteiger partial charge on any atom is -0.310 e. The van der Waals surface area contributed by atoms with Crippen LogP contribution in [0.4, 0.5) is 0 Å². The maximum atomic E-state index is 12.7. The Hall–Kier alpha value is -3.19. The molecule has 3 heterocycles. The number of pyridine rings is 2. The van der Waals surface area contributed by atoms with Crippen molar-refractivity contribution in [3.05, 3.63) is 110 Å². The molecule has 0 saturated heterocycles. The van der Waals surface area contributed by atoms with Crippen LogP contribution in [0, 0.1) is 0 Å². The summed E-state index contributed by atoms with van der Waals surface area (Å²) in [5.74, 6) is 0. The molecule has 1 unspecified atom stereocenters. The molecule has 0 aliphatic rings. The van der Waals surface area contributed by atoms with E-state index in [0.717, 1.165) is 22.1 Å². The number of alkyl halides is 1. The van der Waals surface area contributed by atoms with E-state index in [2.05, 4.69) is 10.3 Å². The van der Waals surface area contributed by atoms with Gasteiger partial charge < -0.3 is 4.57 Å². The Morgan fingerprint density at radius 1 is 0.912 bits per heavy atom. The van der Waals surface area contributed by atoms with Crippen molar-refractivity contribution in [2.24, 2.45) is 14.1 Å². The zero-order valence-electron chi connectivity index (χ0n) is 18.2. The first-order chi connectivity index (χ1) is 16.3. The molecule has 9 heteroatoms. The second-order valence-corrected chi connectivity index (χ2v) is 9.40. The van der Waals surface area contributed by atoms with Gasteiger partial charge in [-0.3, -0.25) is 9.78 Å². The van der Waals surface area contributed by atoms with Gasteiger partial charge in [0, 0.05) is 35.6 Å². The van der Waals surface area contributed by atoms with Crippen LogP contribution in [0.1, 0.15) is 17.0 Å². The quantitative estimate of drug-likeness (QED) is 0.297. The van der Waals surface area contributed by atoms with Crippen LogP contribution in [0.25, 0.3) is 22.0 Å². The molecule has 0 bridgehead atoms. The third-order valence-corrected chi connectivity index (χ3v) is 7.02. The Morgan fingerprint density at radius 3 is 2.35 bits per heavy atom. The Kier molecular flexibility index (Phi) is 5.68. The molecule has 0 aliphatic carbocycles. The normalized spacial score (nSPS) is 13.2. The molecule has 0 fully saturated rings. The van der Waals surface area contributed by atoms with Gasteiger partial charge in [0.05, 0.1) is 29.3 Å². The van der Waals surface area contributed by atoms with Crippen LogP contribution in [0.15, 0.2) is 77.9 Å². The summed E-state index contributed by atoms with van der Waals surface area (Å²) in [4.78, 5) is 16.2. The molecule has 2 aromatic carbocycles. The number of halogens is 3. The predicted octanol–water partition coefficient (Wildman–Crippen LogP) is 5.57. The topological polar surface area (TPSA) is 65.6 Å². The zero-order valence-corrected chi connectivity index (χ0v) is 20.5. The molecule has 6 nitrogen and oxygen atoms in total. The van der Waals surface area contributed by atoms with E-state index in [1.54, 1.807) is 60.0 Å². The van der Waals surface area contributed by atoms with Gasteiger partial charge in [-0.25, -0.2) is 4.68 Å². The maximum absolute atomic E-state index is 12.7. The van der Waals surface area contributed by atoms with Gasteiger partial charge in [-0.1, -0.05) is 52.7 Å². The fourth-order valence-corrected chi connectivity index (χ4v) is 4.86. The van der Waals surface area contributed by atoms with E-state index in [1.165, 1.54) is 0 Å². The first kappa shape index (κ1) is 22.6. The molecule has 0 spiro atoms. The van der Waals surface area contributed by atoms with Crippen LogP contribution in [0.2, 0.25) is 10.0 Å². The molecule has 0 radical (unpaired) electrons. The van der Waals surface area contributed by atoms with Crippen LogP contribution < -0.4 is 5.56 Å². The Bertz CT molecular complexity index is 1590. The summed E-state index contributed by atoms with van der Waals surface area (Å²) in [5, 5.41) is 10.1. The number of aryl methyl sites for hydroxylation is 2. The van der Waals surface area contributed by atoms with Gasteiger partial charge in [0.15, 0.2) is 4.87 Å². The number of aromatic nitrogens is 5. The molecule has 3 aromatic heterocycles. The van der Waals surface area contributed by atoms with Gasteiger partial charge in [0.25, 0.3) is 5.56 Å². The van der Waals surface area contributed by atoms with Crippen LogP contribution >= 0.6 is 34.8 Å². The summed E-state index contributed by atoms with van der Waals surface area (Å²) in [6.07, 6.45) is 3.28. The lowest BCUT2D eigenvalue weighted by atomic mass is 9.89. The van der Waals surface area contributed by atoms with Crippen molar-refractivity contribution in [1.29, 1.82) is 0 Å². The van der Waals surface area contributed by atoms with Gasteiger partial charge >= 0.3 is 0 Å². The van der Waals surface area contributed by atoms with E-state index in [0.29, 0.717) is 26.9 Å². The first-order valence-electron chi connectivity index (χ1n) is 10.4. The Labute approximate surface area is 210 Å². The summed E-state index contributed by atoms with van der Waals surface area (Å²) in [5.41, 5.74) is 4.02. The Morgan fingerprint density at radius 2 is 1.68 bits per heavy atom.